The van der Waals surface area contributed by atoms with Gasteiger partial charge in [-0.2, -0.15) is 0 Å². The molecule has 0 bridgehead atoms. The summed E-state index contributed by atoms with van der Waals surface area (Å²) in [5, 5.41) is 2.12. The van der Waals surface area contributed by atoms with Crippen molar-refractivity contribution in [2.24, 2.45) is 0 Å². The number of hydrogen-bond acceptors (Lipinski definition) is 0. The largest absolute Gasteiger partial charge is 0.0836 e. The smallest absolute Gasteiger partial charge is 0.0778 e. The Morgan fingerprint density at radius 2 is 1.12 bits per heavy atom. The maximum absolute atomic E-state index is 6.10. The molecule has 0 aliphatic rings. The maximum atomic E-state index is 6.10. The molecule has 2 rings (SSSR count). The first-order chi connectivity index (χ1) is 8.00. The zero-order valence-electron chi connectivity index (χ0n) is 8.28. The SMILES string of the molecule is Clc1cc(-c2c(Cl)cccc2Cl)cc(Cl)c1Cl. The standard InChI is InChI=1S/C12H5Cl5/c13-7-2-1-3-8(14)11(7)6-4-9(15)12(17)10(16)5-6/h1-5H. The van der Waals surface area contributed by atoms with E-state index in [2.05, 4.69) is 0 Å². The molecule has 0 aliphatic carbocycles. The van der Waals surface area contributed by atoms with Crippen LogP contribution in [0.2, 0.25) is 25.1 Å². The van der Waals surface area contributed by atoms with Crippen molar-refractivity contribution in [3.8, 4) is 11.1 Å². The van der Waals surface area contributed by atoms with Gasteiger partial charge in [0.2, 0.25) is 0 Å². The van der Waals surface area contributed by atoms with E-state index in [1.807, 2.05) is 0 Å². The van der Waals surface area contributed by atoms with Crippen molar-refractivity contribution < 1.29 is 0 Å². The Labute approximate surface area is 124 Å². The molecule has 0 nitrogen and oxygen atoms in total. The summed E-state index contributed by atoms with van der Waals surface area (Å²) >= 11 is 30.0. The minimum absolute atomic E-state index is 0.320. The summed E-state index contributed by atoms with van der Waals surface area (Å²) in [6, 6.07) is 8.64. The van der Waals surface area contributed by atoms with E-state index in [0.29, 0.717) is 30.7 Å². The summed E-state index contributed by atoms with van der Waals surface area (Å²) in [6.07, 6.45) is 0. The lowest BCUT2D eigenvalue weighted by Gasteiger charge is -2.09. The maximum Gasteiger partial charge on any atom is 0.0778 e. The van der Waals surface area contributed by atoms with Crippen molar-refractivity contribution in [3.05, 3.63) is 55.4 Å². The minimum atomic E-state index is 0.320. The van der Waals surface area contributed by atoms with Gasteiger partial charge < -0.3 is 0 Å². The van der Waals surface area contributed by atoms with E-state index in [-0.39, 0.29) is 0 Å². The van der Waals surface area contributed by atoms with Gasteiger partial charge in [0.25, 0.3) is 0 Å². The molecular weight excluding hydrogens is 321 g/mol. The normalized spacial score (nSPS) is 10.6. The highest BCUT2D eigenvalue weighted by Crippen LogP contribution is 2.40. The second-order valence-corrected chi connectivity index (χ2v) is 5.36. The second-order valence-electron chi connectivity index (χ2n) is 3.35. The van der Waals surface area contributed by atoms with E-state index in [9.17, 15) is 0 Å². The second kappa shape index (κ2) is 5.26. The van der Waals surface area contributed by atoms with Crippen molar-refractivity contribution in [1.29, 1.82) is 0 Å². The topological polar surface area (TPSA) is 0 Å². The van der Waals surface area contributed by atoms with Gasteiger partial charge in [-0.3, -0.25) is 0 Å². The van der Waals surface area contributed by atoms with Crippen LogP contribution in [-0.2, 0) is 0 Å². The molecule has 2 aromatic carbocycles. The summed E-state index contributed by atoms with van der Waals surface area (Å²) in [7, 11) is 0. The highest BCUT2D eigenvalue weighted by Gasteiger charge is 2.12. The number of rotatable bonds is 1. The van der Waals surface area contributed by atoms with Gasteiger partial charge in [0.05, 0.1) is 15.1 Å². The minimum Gasteiger partial charge on any atom is -0.0836 e. The van der Waals surface area contributed by atoms with Crippen molar-refractivity contribution in [2.75, 3.05) is 0 Å². The average Bonchev–Trinajstić information content (AvgIpc) is 2.25. The predicted molar refractivity (Wildman–Crippen MR) is 76.9 cm³/mol. The molecular formula is C12H5Cl5. The van der Waals surface area contributed by atoms with Gasteiger partial charge >= 0.3 is 0 Å². The number of benzene rings is 2. The van der Waals surface area contributed by atoms with Crippen LogP contribution < -0.4 is 0 Å². The Balaban J connectivity index is 2.69. The van der Waals surface area contributed by atoms with Crippen LogP contribution in [0.15, 0.2) is 30.3 Å². The molecule has 0 saturated heterocycles. The average molecular weight is 326 g/mol. The van der Waals surface area contributed by atoms with Gasteiger partial charge in [0.15, 0.2) is 0 Å². The van der Waals surface area contributed by atoms with Crippen molar-refractivity contribution >= 4 is 58.0 Å². The molecule has 0 amide bonds. The Bertz CT molecular complexity index is 534. The van der Waals surface area contributed by atoms with Crippen LogP contribution in [0.4, 0.5) is 0 Å². The number of hydrogen-bond donors (Lipinski definition) is 0. The monoisotopic (exact) mass is 324 g/mol. The van der Waals surface area contributed by atoms with Crippen LogP contribution in [0.1, 0.15) is 0 Å². The molecule has 0 heterocycles. The van der Waals surface area contributed by atoms with Gasteiger partial charge in [-0.1, -0.05) is 64.1 Å². The highest BCUT2D eigenvalue weighted by atomic mass is 35.5. The Morgan fingerprint density at radius 1 is 0.647 bits per heavy atom. The molecule has 0 fully saturated rings. The zero-order chi connectivity index (χ0) is 12.6. The molecule has 0 saturated carbocycles. The fourth-order valence-corrected chi connectivity index (χ4v) is 2.69. The molecule has 2 aromatic rings. The summed E-state index contributed by atoms with van der Waals surface area (Å²) in [5.74, 6) is 0. The van der Waals surface area contributed by atoms with Gasteiger partial charge in [-0.15, -0.1) is 0 Å². The quantitative estimate of drug-likeness (QED) is 0.517. The molecule has 0 aliphatic heterocycles. The molecule has 17 heavy (non-hydrogen) atoms. The van der Waals surface area contributed by atoms with E-state index in [4.69, 9.17) is 58.0 Å². The lowest BCUT2D eigenvalue weighted by Crippen LogP contribution is -1.83. The third kappa shape index (κ3) is 2.67. The molecule has 0 aromatic heterocycles. The van der Waals surface area contributed by atoms with E-state index < -0.39 is 0 Å². The number of halogens is 5. The van der Waals surface area contributed by atoms with Gasteiger partial charge in [0, 0.05) is 15.6 Å². The Hall–Kier alpha value is -0.110. The van der Waals surface area contributed by atoms with Crippen LogP contribution in [-0.4, -0.2) is 0 Å². The van der Waals surface area contributed by atoms with Crippen LogP contribution >= 0.6 is 58.0 Å². The van der Waals surface area contributed by atoms with E-state index in [1.54, 1.807) is 30.3 Å². The lowest BCUT2D eigenvalue weighted by molar-refractivity contribution is 1.61. The third-order valence-corrected chi connectivity index (χ3v) is 4.06. The summed E-state index contributed by atoms with van der Waals surface area (Å²) < 4.78 is 0. The molecule has 0 radical (unpaired) electrons. The molecule has 0 spiro atoms. The van der Waals surface area contributed by atoms with Crippen LogP contribution in [0.3, 0.4) is 0 Å². The first kappa shape index (κ1) is 13.3. The van der Waals surface area contributed by atoms with Crippen molar-refractivity contribution in [2.45, 2.75) is 0 Å². The lowest BCUT2D eigenvalue weighted by atomic mass is 10.1. The Morgan fingerprint density at radius 3 is 1.59 bits per heavy atom. The zero-order valence-corrected chi connectivity index (χ0v) is 12.1. The molecule has 0 atom stereocenters. The van der Waals surface area contributed by atoms with Crippen LogP contribution in [0, 0.1) is 0 Å². The summed E-state index contributed by atoms with van der Waals surface area (Å²) in [6.45, 7) is 0. The van der Waals surface area contributed by atoms with Gasteiger partial charge in [-0.05, 0) is 29.8 Å². The van der Waals surface area contributed by atoms with Crippen molar-refractivity contribution in [3.63, 3.8) is 0 Å². The fourth-order valence-electron chi connectivity index (χ4n) is 1.47. The molecule has 88 valence electrons. The highest BCUT2D eigenvalue weighted by molar-refractivity contribution is 6.48. The van der Waals surface area contributed by atoms with E-state index in [1.165, 1.54) is 0 Å². The van der Waals surface area contributed by atoms with Crippen LogP contribution in [0.5, 0.6) is 0 Å². The van der Waals surface area contributed by atoms with Crippen LogP contribution in [0.25, 0.3) is 11.1 Å². The predicted octanol–water partition coefficient (Wildman–Crippen LogP) is 6.62. The molecule has 0 unspecified atom stereocenters. The van der Waals surface area contributed by atoms with Gasteiger partial charge in [0.1, 0.15) is 0 Å². The summed E-state index contributed by atoms with van der Waals surface area (Å²) in [4.78, 5) is 0. The van der Waals surface area contributed by atoms with E-state index in [0.717, 1.165) is 5.56 Å². The molecule has 5 heteroatoms. The van der Waals surface area contributed by atoms with Crippen molar-refractivity contribution in [1.82, 2.24) is 0 Å². The summed E-state index contributed by atoms with van der Waals surface area (Å²) in [5.41, 5.74) is 1.43. The van der Waals surface area contributed by atoms with E-state index >= 15 is 0 Å². The third-order valence-electron chi connectivity index (χ3n) is 2.24. The molecule has 0 N–H and O–H groups in total. The first-order valence-corrected chi connectivity index (χ1v) is 6.48. The van der Waals surface area contributed by atoms with Gasteiger partial charge in [-0.25, -0.2) is 0 Å². The Kier molecular flexibility index (Phi) is 4.12. The first-order valence-electron chi connectivity index (χ1n) is 4.59. The fraction of sp³-hybridized carbons (Fsp3) is 0.